The van der Waals surface area contributed by atoms with Crippen molar-refractivity contribution >= 4 is 11.8 Å². The summed E-state index contributed by atoms with van der Waals surface area (Å²) in [4.78, 5) is 29.8. The van der Waals surface area contributed by atoms with Crippen LogP contribution in [-0.4, -0.2) is 31.0 Å². The van der Waals surface area contributed by atoms with Gasteiger partial charge in [0.05, 0.1) is 19.9 Å². The Kier molecular flexibility index (Phi) is 2.23. The number of methoxy groups -OCH3 is 2. The van der Waals surface area contributed by atoms with Crippen LogP contribution in [0.1, 0.15) is 23.6 Å². The zero-order chi connectivity index (χ0) is 14.9. The summed E-state index contributed by atoms with van der Waals surface area (Å²) in [7, 11) is 2.87. The number of Topliss-reactive ketones (excluding diaryl/α,β-unsaturated/α-hetero) is 1. The van der Waals surface area contributed by atoms with E-state index in [2.05, 4.69) is 11.6 Å². The highest BCUT2D eigenvalue weighted by molar-refractivity contribution is 6.16. The fourth-order valence-corrected chi connectivity index (χ4v) is 4.60. The Labute approximate surface area is 122 Å². The van der Waals surface area contributed by atoms with Crippen LogP contribution in [0.3, 0.4) is 0 Å². The maximum atomic E-state index is 12.8. The molecule has 3 aliphatic carbocycles. The fourth-order valence-electron chi connectivity index (χ4n) is 4.60. The molecule has 0 spiro atoms. The normalized spacial score (nSPS) is 35.0. The van der Waals surface area contributed by atoms with Crippen LogP contribution in [-0.2, 0) is 19.7 Å². The molecule has 3 aliphatic rings. The first-order valence-electron chi connectivity index (χ1n) is 6.93. The summed E-state index contributed by atoms with van der Waals surface area (Å²) in [5.74, 6) is -0.494. The second-order valence-corrected chi connectivity index (χ2v) is 5.92. The van der Waals surface area contributed by atoms with Crippen molar-refractivity contribution in [2.45, 2.75) is 17.8 Å². The number of hydrogen-bond donors (Lipinski definition) is 0. The average Bonchev–Trinajstić information content (AvgIpc) is 3.07. The zero-order valence-electron chi connectivity index (χ0n) is 11.9. The first-order chi connectivity index (χ1) is 10.1. The molecule has 4 atom stereocenters. The number of esters is 1. The van der Waals surface area contributed by atoms with E-state index in [0.29, 0.717) is 17.9 Å². The van der Waals surface area contributed by atoms with Crippen molar-refractivity contribution in [1.82, 2.24) is 4.98 Å². The van der Waals surface area contributed by atoms with Gasteiger partial charge < -0.3 is 9.47 Å². The number of pyridine rings is 1. The van der Waals surface area contributed by atoms with Crippen LogP contribution in [0.25, 0.3) is 0 Å². The van der Waals surface area contributed by atoms with Crippen LogP contribution in [0.2, 0.25) is 0 Å². The molecule has 0 radical (unpaired) electrons. The maximum absolute atomic E-state index is 12.8. The van der Waals surface area contributed by atoms with Gasteiger partial charge >= 0.3 is 5.97 Å². The van der Waals surface area contributed by atoms with E-state index in [0.717, 1.165) is 11.3 Å². The number of ether oxygens (including phenoxy) is 2. The number of carbonyl (C=O) groups is 2. The Hall–Kier alpha value is -2.17. The first-order valence-corrected chi connectivity index (χ1v) is 6.93. The molecular weight excluding hydrogens is 270 g/mol. The van der Waals surface area contributed by atoms with Crippen molar-refractivity contribution < 1.29 is 19.1 Å². The van der Waals surface area contributed by atoms with E-state index >= 15 is 0 Å². The smallest absolute Gasteiger partial charge is 0.324 e. The van der Waals surface area contributed by atoms with Crippen molar-refractivity contribution in [2.24, 2.45) is 11.8 Å². The zero-order valence-corrected chi connectivity index (χ0v) is 11.9. The largest absolute Gasteiger partial charge is 0.481 e. The third-order valence-electron chi connectivity index (χ3n) is 5.26. The van der Waals surface area contributed by atoms with Gasteiger partial charge in [-0.05, 0) is 12.0 Å². The Morgan fingerprint density at radius 1 is 1.43 bits per heavy atom. The number of fused-ring (bicyclic) bond motifs is 2. The number of hydrogen-bond acceptors (Lipinski definition) is 5. The van der Waals surface area contributed by atoms with Crippen LogP contribution in [0.15, 0.2) is 24.3 Å². The van der Waals surface area contributed by atoms with E-state index in [1.165, 1.54) is 7.11 Å². The number of allylic oxidation sites excluding steroid dienone is 1. The van der Waals surface area contributed by atoms with Gasteiger partial charge in [0.1, 0.15) is 0 Å². The van der Waals surface area contributed by atoms with Gasteiger partial charge in [0.2, 0.25) is 5.88 Å². The highest BCUT2D eigenvalue weighted by atomic mass is 16.5. The molecule has 0 aliphatic heterocycles. The van der Waals surface area contributed by atoms with Crippen molar-refractivity contribution in [3.8, 4) is 5.88 Å². The molecular formula is C16H15NO4. The predicted molar refractivity (Wildman–Crippen MR) is 73.0 cm³/mol. The second kappa shape index (κ2) is 3.72. The molecule has 4 rings (SSSR count). The van der Waals surface area contributed by atoms with Gasteiger partial charge in [0.25, 0.3) is 0 Å². The molecule has 0 amide bonds. The molecule has 4 bridgehead atoms. The topological polar surface area (TPSA) is 65.5 Å². The lowest BCUT2D eigenvalue weighted by Crippen LogP contribution is -2.49. The monoisotopic (exact) mass is 285 g/mol. The van der Waals surface area contributed by atoms with E-state index in [1.807, 2.05) is 0 Å². The molecule has 0 aromatic carbocycles. The van der Waals surface area contributed by atoms with Gasteiger partial charge in [0.15, 0.2) is 11.2 Å². The van der Waals surface area contributed by atoms with E-state index in [-0.39, 0.29) is 23.5 Å². The fraction of sp³-hybridized carbons (Fsp3) is 0.438. The molecule has 2 unspecified atom stereocenters. The summed E-state index contributed by atoms with van der Waals surface area (Å²) >= 11 is 0. The molecule has 21 heavy (non-hydrogen) atoms. The van der Waals surface area contributed by atoms with Gasteiger partial charge in [0, 0.05) is 23.8 Å². The first kappa shape index (κ1) is 12.6. The van der Waals surface area contributed by atoms with E-state index < -0.39 is 11.4 Å². The number of rotatable bonds is 2. The molecule has 2 saturated carbocycles. The Balaban J connectivity index is 2.02. The van der Waals surface area contributed by atoms with Crippen LogP contribution in [0.4, 0.5) is 0 Å². The highest BCUT2D eigenvalue weighted by Gasteiger charge is 2.75. The van der Waals surface area contributed by atoms with E-state index in [1.54, 1.807) is 19.2 Å². The van der Waals surface area contributed by atoms with Crippen molar-refractivity contribution in [2.75, 3.05) is 14.2 Å². The van der Waals surface area contributed by atoms with Crippen LogP contribution in [0.5, 0.6) is 5.88 Å². The minimum absolute atomic E-state index is 0.0313. The summed E-state index contributed by atoms with van der Waals surface area (Å²) in [5, 5.41) is 0. The molecule has 108 valence electrons. The molecule has 0 N–H and O–H groups in total. The molecule has 0 saturated heterocycles. The number of nitrogens with zero attached hydrogens (tertiary/aromatic N) is 1. The average molecular weight is 285 g/mol. The van der Waals surface area contributed by atoms with E-state index in [4.69, 9.17) is 9.47 Å². The molecule has 2 fully saturated rings. The summed E-state index contributed by atoms with van der Waals surface area (Å²) < 4.78 is 10.2. The Morgan fingerprint density at radius 3 is 2.86 bits per heavy atom. The highest BCUT2D eigenvalue weighted by Crippen LogP contribution is 2.69. The maximum Gasteiger partial charge on any atom is 0.324 e. The van der Waals surface area contributed by atoms with Crippen molar-refractivity contribution in [1.29, 1.82) is 0 Å². The molecule has 1 aromatic heterocycles. The standard InChI is InChI=1S/C16H15NO4/c1-7-6-8-11-12(7)16(14(8)18,15(19)21-3)9-4-5-10(20-2)17-13(9)11/h4-5,8,11-12H,1,6H2,2-3H3/t8-,11?,12?,16+/m0/s1. The third-order valence-corrected chi connectivity index (χ3v) is 5.26. The van der Waals surface area contributed by atoms with Crippen LogP contribution >= 0.6 is 0 Å². The van der Waals surface area contributed by atoms with Crippen LogP contribution in [0, 0.1) is 11.8 Å². The van der Waals surface area contributed by atoms with Crippen LogP contribution < -0.4 is 4.74 Å². The van der Waals surface area contributed by atoms with Crippen molar-refractivity contribution in [3.05, 3.63) is 35.5 Å². The lowest BCUT2D eigenvalue weighted by atomic mass is 9.67. The summed E-state index contributed by atoms with van der Waals surface area (Å²) in [6.45, 7) is 4.08. The van der Waals surface area contributed by atoms with E-state index in [9.17, 15) is 9.59 Å². The summed E-state index contributed by atoms with van der Waals surface area (Å²) in [6, 6.07) is 3.46. The number of carbonyl (C=O) groups excluding carboxylic acids is 2. The van der Waals surface area contributed by atoms with Gasteiger partial charge in [-0.3, -0.25) is 9.59 Å². The van der Waals surface area contributed by atoms with Gasteiger partial charge in [-0.25, -0.2) is 4.98 Å². The molecule has 5 nitrogen and oxygen atoms in total. The lowest BCUT2D eigenvalue weighted by Gasteiger charge is -2.33. The molecule has 1 heterocycles. The number of ketones is 1. The second-order valence-electron chi connectivity index (χ2n) is 5.92. The minimum Gasteiger partial charge on any atom is -0.481 e. The SMILES string of the molecule is C=C1C[C@@H]2C(=O)[C@@]3(C(=O)OC)c4ccc(OC)nc4C2C13. The Morgan fingerprint density at radius 2 is 2.19 bits per heavy atom. The Bertz CT molecular complexity index is 710. The quantitative estimate of drug-likeness (QED) is 0.466. The molecule has 5 heteroatoms. The number of aromatic nitrogens is 1. The predicted octanol–water partition coefficient (Wildman–Crippen LogP) is 1.37. The van der Waals surface area contributed by atoms with Gasteiger partial charge in [-0.1, -0.05) is 18.2 Å². The summed E-state index contributed by atoms with van der Waals surface area (Å²) in [5.41, 5.74) is 1.20. The summed E-state index contributed by atoms with van der Waals surface area (Å²) in [6.07, 6.45) is 0.644. The molecule has 1 aromatic rings. The van der Waals surface area contributed by atoms with Gasteiger partial charge in [-0.15, -0.1) is 0 Å². The third kappa shape index (κ3) is 1.13. The lowest BCUT2D eigenvalue weighted by molar-refractivity contribution is -0.153. The minimum atomic E-state index is -1.23. The van der Waals surface area contributed by atoms with Gasteiger partial charge in [-0.2, -0.15) is 0 Å². The van der Waals surface area contributed by atoms with Crippen molar-refractivity contribution in [3.63, 3.8) is 0 Å².